The quantitative estimate of drug-likeness (QED) is 0.417. The van der Waals surface area contributed by atoms with Crippen LogP contribution >= 0.6 is 0 Å². The van der Waals surface area contributed by atoms with E-state index < -0.39 is 0 Å². The lowest BCUT2D eigenvalue weighted by Gasteiger charge is -2.42. The highest BCUT2D eigenvalue weighted by atomic mass is 16.1. The van der Waals surface area contributed by atoms with E-state index in [0.717, 1.165) is 12.0 Å². The van der Waals surface area contributed by atoms with Crippen molar-refractivity contribution in [1.82, 2.24) is 0 Å². The van der Waals surface area contributed by atoms with Gasteiger partial charge in [0.25, 0.3) is 0 Å². The lowest BCUT2D eigenvalue weighted by molar-refractivity contribution is -0.113. The molecule has 1 nitrogen and oxygen atoms in total. The van der Waals surface area contributed by atoms with Crippen molar-refractivity contribution >= 4 is 5.78 Å². The van der Waals surface area contributed by atoms with E-state index in [1.807, 2.05) is 0 Å². The molecule has 0 unspecified atom stereocenters. The van der Waals surface area contributed by atoms with Gasteiger partial charge in [-0.05, 0) is 97.5 Å². The van der Waals surface area contributed by atoms with Gasteiger partial charge in [-0.2, -0.15) is 0 Å². The van der Waals surface area contributed by atoms with Gasteiger partial charge in [-0.15, -0.1) is 0 Å². The molecule has 0 radical (unpaired) electrons. The Hall–Kier alpha value is -1.63. The van der Waals surface area contributed by atoms with Crippen molar-refractivity contribution < 1.29 is 4.79 Å². The van der Waals surface area contributed by atoms with Crippen molar-refractivity contribution in [2.75, 3.05) is 0 Å². The molecule has 0 saturated heterocycles. The van der Waals surface area contributed by atoms with Gasteiger partial charge in [0, 0.05) is 0 Å². The SMILES string of the molecule is CC(=O)/C(=C/C=C(\C)Cc1cc2c(cc1C)C(C)(C)CCC2(C)C)C1CC1. The lowest BCUT2D eigenvalue weighted by Crippen LogP contribution is -2.34. The molecule has 0 aromatic heterocycles. The molecule has 2 aliphatic rings. The molecule has 0 spiro atoms. The standard InChI is InChI=1S/C26H36O/c1-17(8-11-22(19(3)27)20-9-10-20)14-21-16-24-23(15-18(21)2)25(4,5)12-13-26(24,6)7/h8,11,15-16,20H,9-10,12-14H2,1-7H3/b17-8+,22-11-. The third kappa shape index (κ3) is 4.28. The Morgan fingerprint density at radius 1 is 1.00 bits per heavy atom. The predicted molar refractivity (Wildman–Crippen MR) is 115 cm³/mol. The zero-order valence-corrected chi connectivity index (χ0v) is 18.3. The number of ketones is 1. The van der Waals surface area contributed by atoms with E-state index in [2.05, 4.69) is 65.8 Å². The van der Waals surface area contributed by atoms with Crippen LogP contribution in [0.25, 0.3) is 0 Å². The molecule has 2 aliphatic carbocycles. The summed E-state index contributed by atoms with van der Waals surface area (Å²) in [5.74, 6) is 0.746. The maximum atomic E-state index is 11.8. The monoisotopic (exact) mass is 364 g/mol. The van der Waals surface area contributed by atoms with E-state index in [-0.39, 0.29) is 16.6 Å². The highest BCUT2D eigenvalue weighted by Crippen LogP contribution is 2.46. The molecule has 0 N–H and O–H groups in total. The number of benzene rings is 1. The van der Waals surface area contributed by atoms with Gasteiger partial charge in [0.15, 0.2) is 5.78 Å². The van der Waals surface area contributed by atoms with Crippen molar-refractivity contribution in [3.8, 4) is 0 Å². The number of aryl methyl sites for hydroxylation is 1. The van der Waals surface area contributed by atoms with E-state index >= 15 is 0 Å². The van der Waals surface area contributed by atoms with Crippen LogP contribution in [0.3, 0.4) is 0 Å². The minimum absolute atomic E-state index is 0.232. The highest BCUT2D eigenvalue weighted by Gasteiger charge is 2.37. The molecular formula is C26H36O. The Bertz CT molecular complexity index is 813. The first-order valence-corrected chi connectivity index (χ1v) is 10.5. The lowest BCUT2D eigenvalue weighted by atomic mass is 9.62. The Morgan fingerprint density at radius 3 is 2.07 bits per heavy atom. The molecule has 0 bridgehead atoms. The number of fused-ring (bicyclic) bond motifs is 1. The maximum absolute atomic E-state index is 11.8. The molecule has 1 saturated carbocycles. The summed E-state index contributed by atoms with van der Waals surface area (Å²) in [6, 6.07) is 4.92. The first-order chi connectivity index (χ1) is 12.5. The van der Waals surface area contributed by atoms with Crippen LogP contribution in [-0.2, 0) is 22.0 Å². The topological polar surface area (TPSA) is 17.1 Å². The molecule has 0 atom stereocenters. The average Bonchev–Trinajstić information content (AvgIpc) is 3.38. The van der Waals surface area contributed by atoms with Crippen LogP contribution in [0.4, 0.5) is 0 Å². The number of Topliss-reactive ketones (excluding diaryl/α,β-unsaturated/α-hetero) is 1. The van der Waals surface area contributed by atoms with E-state index in [1.165, 1.54) is 53.5 Å². The summed E-state index contributed by atoms with van der Waals surface area (Å²) in [6.07, 6.45) is 10.1. The zero-order chi connectivity index (χ0) is 20.0. The molecular weight excluding hydrogens is 328 g/mol. The number of rotatable bonds is 5. The Kier molecular flexibility index (Phi) is 5.27. The first-order valence-electron chi connectivity index (χ1n) is 10.5. The number of allylic oxidation sites excluding steroid dienone is 4. The summed E-state index contributed by atoms with van der Waals surface area (Å²) in [5, 5.41) is 0. The van der Waals surface area contributed by atoms with Crippen molar-refractivity contribution in [2.24, 2.45) is 5.92 Å². The minimum Gasteiger partial charge on any atom is -0.295 e. The highest BCUT2D eigenvalue weighted by molar-refractivity contribution is 5.94. The Labute approximate surface area is 166 Å². The molecule has 1 aromatic carbocycles. The van der Waals surface area contributed by atoms with E-state index in [4.69, 9.17) is 0 Å². The Balaban J connectivity index is 1.90. The van der Waals surface area contributed by atoms with Crippen LogP contribution in [0.15, 0.2) is 35.4 Å². The number of hydrogen-bond donors (Lipinski definition) is 0. The fourth-order valence-electron chi connectivity index (χ4n) is 4.48. The van der Waals surface area contributed by atoms with Crippen molar-refractivity contribution in [3.05, 3.63) is 57.7 Å². The second kappa shape index (κ2) is 7.08. The van der Waals surface area contributed by atoms with Crippen LogP contribution in [0, 0.1) is 12.8 Å². The molecule has 0 amide bonds. The minimum atomic E-state index is 0.232. The summed E-state index contributed by atoms with van der Waals surface area (Å²) in [6.45, 7) is 15.7. The molecule has 146 valence electrons. The summed E-state index contributed by atoms with van der Waals surface area (Å²) in [5.41, 5.74) is 8.74. The first kappa shape index (κ1) is 20.1. The molecule has 27 heavy (non-hydrogen) atoms. The van der Waals surface area contributed by atoms with Crippen LogP contribution in [0.2, 0.25) is 0 Å². The molecule has 1 fully saturated rings. The number of hydrogen-bond acceptors (Lipinski definition) is 1. The predicted octanol–water partition coefficient (Wildman–Crippen LogP) is 6.76. The fraction of sp³-hybridized carbons (Fsp3) is 0.577. The third-order valence-corrected chi connectivity index (χ3v) is 6.75. The van der Waals surface area contributed by atoms with Crippen LogP contribution < -0.4 is 0 Å². The van der Waals surface area contributed by atoms with Gasteiger partial charge in [-0.25, -0.2) is 0 Å². The van der Waals surface area contributed by atoms with Gasteiger partial charge in [0.1, 0.15) is 0 Å². The van der Waals surface area contributed by atoms with Crippen LogP contribution in [0.5, 0.6) is 0 Å². The zero-order valence-electron chi connectivity index (χ0n) is 18.3. The van der Waals surface area contributed by atoms with E-state index in [9.17, 15) is 4.79 Å². The molecule has 3 rings (SSSR count). The maximum Gasteiger partial charge on any atom is 0.156 e. The van der Waals surface area contributed by atoms with Gasteiger partial charge in [0.05, 0.1) is 0 Å². The molecule has 0 aliphatic heterocycles. The largest absolute Gasteiger partial charge is 0.295 e. The summed E-state index contributed by atoms with van der Waals surface area (Å²) >= 11 is 0. The molecule has 1 heteroatoms. The smallest absolute Gasteiger partial charge is 0.156 e. The molecule has 0 heterocycles. The normalized spacial score (nSPS) is 21.7. The fourth-order valence-corrected chi connectivity index (χ4v) is 4.48. The second-order valence-electron chi connectivity index (χ2n) is 10.2. The molecule has 1 aromatic rings. The van der Waals surface area contributed by atoms with E-state index in [0.29, 0.717) is 5.92 Å². The summed E-state index contributed by atoms with van der Waals surface area (Å²) < 4.78 is 0. The number of carbonyl (C=O) groups excluding carboxylic acids is 1. The average molecular weight is 365 g/mol. The van der Waals surface area contributed by atoms with Gasteiger partial charge in [-0.1, -0.05) is 57.6 Å². The third-order valence-electron chi connectivity index (χ3n) is 6.75. The van der Waals surface area contributed by atoms with Crippen LogP contribution in [0.1, 0.15) is 89.5 Å². The van der Waals surface area contributed by atoms with Crippen molar-refractivity contribution in [1.29, 1.82) is 0 Å². The van der Waals surface area contributed by atoms with Gasteiger partial charge in [0.2, 0.25) is 0 Å². The van der Waals surface area contributed by atoms with Crippen molar-refractivity contribution in [3.63, 3.8) is 0 Å². The summed E-state index contributed by atoms with van der Waals surface area (Å²) in [7, 11) is 0. The van der Waals surface area contributed by atoms with E-state index in [1.54, 1.807) is 6.92 Å². The van der Waals surface area contributed by atoms with Crippen molar-refractivity contribution in [2.45, 2.75) is 91.4 Å². The van der Waals surface area contributed by atoms with Gasteiger partial charge in [-0.3, -0.25) is 4.79 Å². The summed E-state index contributed by atoms with van der Waals surface area (Å²) in [4.78, 5) is 11.8. The van der Waals surface area contributed by atoms with Gasteiger partial charge >= 0.3 is 0 Å². The van der Waals surface area contributed by atoms with Gasteiger partial charge < -0.3 is 0 Å². The Morgan fingerprint density at radius 2 is 1.56 bits per heavy atom. The number of carbonyl (C=O) groups is 1. The van der Waals surface area contributed by atoms with Crippen LogP contribution in [-0.4, -0.2) is 5.78 Å². The second-order valence-corrected chi connectivity index (χ2v) is 10.2.